The van der Waals surface area contributed by atoms with Crippen molar-refractivity contribution in [2.45, 2.75) is 38.2 Å². The molecule has 4 nitrogen and oxygen atoms in total. The average molecular weight is 412 g/mol. The van der Waals surface area contributed by atoms with Gasteiger partial charge in [-0.1, -0.05) is 11.6 Å². The molecule has 1 aliphatic rings. The topological polar surface area (TPSA) is 46.9 Å². The van der Waals surface area contributed by atoms with Crippen molar-refractivity contribution in [2.75, 3.05) is 5.32 Å². The van der Waals surface area contributed by atoms with Crippen LogP contribution in [0.5, 0.6) is 0 Å². The van der Waals surface area contributed by atoms with E-state index in [2.05, 4.69) is 10.4 Å². The van der Waals surface area contributed by atoms with Crippen LogP contribution in [0.25, 0.3) is 0 Å². The first-order valence-electron chi connectivity index (χ1n) is 7.79. The second-order valence-electron chi connectivity index (χ2n) is 6.02. The van der Waals surface area contributed by atoms with E-state index < -0.39 is 36.1 Å². The van der Waals surface area contributed by atoms with E-state index in [1.165, 1.54) is 0 Å². The molecule has 1 aliphatic carbocycles. The summed E-state index contributed by atoms with van der Waals surface area (Å²) < 4.78 is 78.4. The number of anilines is 1. The summed E-state index contributed by atoms with van der Waals surface area (Å²) in [5.74, 6) is -0.831. The third-order valence-electron chi connectivity index (χ3n) is 4.14. The Hall–Kier alpha value is -2.23. The molecule has 0 unspecified atom stereocenters. The predicted octanol–water partition coefficient (Wildman–Crippen LogP) is 4.70. The molecule has 0 fully saturated rings. The molecule has 1 aromatic carbocycles. The number of rotatable bonds is 3. The highest BCUT2D eigenvalue weighted by Crippen LogP contribution is 2.37. The standard InChI is InChI=1S/C16H12ClF6N3O/c17-10-5-4-8(15(18,19)20)6-11(10)24-13(27)7-26-12-3-1-2-9(12)14(25-26)16(21,22)23/h4-6H,1-3,7H2,(H,24,27). The molecule has 0 saturated heterocycles. The number of amides is 1. The Balaban J connectivity index is 1.82. The maximum atomic E-state index is 13.0. The highest BCUT2D eigenvalue weighted by molar-refractivity contribution is 6.33. The Kier molecular flexibility index (Phi) is 4.87. The molecule has 1 amide bonds. The maximum absolute atomic E-state index is 13.0. The number of hydrogen-bond acceptors (Lipinski definition) is 2. The van der Waals surface area contributed by atoms with E-state index >= 15 is 0 Å². The molecule has 1 heterocycles. The van der Waals surface area contributed by atoms with Gasteiger partial charge in [0.15, 0.2) is 5.69 Å². The summed E-state index contributed by atoms with van der Waals surface area (Å²) >= 11 is 5.80. The van der Waals surface area contributed by atoms with Crippen molar-refractivity contribution in [1.82, 2.24) is 9.78 Å². The van der Waals surface area contributed by atoms with E-state index in [9.17, 15) is 31.1 Å². The first-order valence-corrected chi connectivity index (χ1v) is 8.17. The number of hydrogen-bond donors (Lipinski definition) is 1. The summed E-state index contributed by atoms with van der Waals surface area (Å²) in [6, 6.07) is 2.40. The maximum Gasteiger partial charge on any atom is 0.435 e. The Morgan fingerprint density at radius 3 is 2.48 bits per heavy atom. The lowest BCUT2D eigenvalue weighted by Gasteiger charge is -2.12. The van der Waals surface area contributed by atoms with Gasteiger partial charge in [-0.15, -0.1) is 0 Å². The number of alkyl halides is 6. The normalized spacial score (nSPS) is 14.3. The number of carbonyl (C=O) groups is 1. The Morgan fingerprint density at radius 1 is 1.15 bits per heavy atom. The smallest absolute Gasteiger partial charge is 0.323 e. The molecular formula is C16H12ClF6N3O. The number of nitrogens with one attached hydrogen (secondary N) is 1. The molecule has 2 aromatic rings. The van der Waals surface area contributed by atoms with Crippen molar-refractivity contribution < 1.29 is 31.1 Å². The summed E-state index contributed by atoms with van der Waals surface area (Å²) in [6.07, 6.45) is -8.20. The zero-order valence-corrected chi connectivity index (χ0v) is 14.3. The quantitative estimate of drug-likeness (QED) is 0.744. The Bertz CT molecular complexity index is 888. The first-order chi connectivity index (χ1) is 12.5. The molecule has 0 aliphatic heterocycles. The number of benzene rings is 1. The monoisotopic (exact) mass is 411 g/mol. The predicted molar refractivity (Wildman–Crippen MR) is 84.3 cm³/mol. The van der Waals surface area contributed by atoms with Gasteiger partial charge < -0.3 is 5.32 Å². The molecule has 146 valence electrons. The van der Waals surface area contributed by atoms with E-state index in [1.54, 1.807) is 0 Å². The van der Waals surface area contributed by atoms with Crippen molar-refractivity contribution >= 4 is 23.2 Å². The molecule has 1 N–H and O–H groups in total. The molecule has 0 atom stereocenters. The summed E-state index contributed by atoms with van der Waals surface area (Å²) in [6.45, 7) is -0.564. The van der Waals surface area contributed by atoms with Gasteiger partial charge in [-0.2, -0.15) is 31.4 Å². The largest absolute Gasteiger partial charge is 0.435 e. The minimum absolute atomic E-state index is 0.0624. The average Bonchev–Trinajstić information content (AvgIpc) is 3.11. The van der Waals surface area contributed by atoms with Crippen LogP contribution in [0, 0.1) is 0 Å². The van der Waals surface area contributed by atoms with Crippen LogP contribution in [0.1, 0.15) is 28.9 Å². The van der Waals surface area contributed by atoms with Gasteiger partial charge in [0.25, 0.3) is 0 Å². The fourth-order valence-electron chi connectivity index (χ4n) is 2.99. The second-order valence-corrected chi connectivity index (χ2v) is 6.43. The van der Waals surface area contributed by atoms with Crippen LogP contribution in [0.15, 0.2) is 18.2 Å². The molecule has 0 spiro atoms. The van der Waals surface area contributed by atoms with E-state index in [0.717, 1.165) is 16.8 Å². The van der Waals surface area contributed by atoms with E-state index in [0.29, 0.717) is 24.6 Å². The second kappa shape index (κ2) is 6.74. The van der Waals surface area contributed by atoms with Crippen LogP contribution in [-0.4, -0.2) is 15.7 Å². The van der Waals surface area contributed by atoms with E-state index in [1.807, 2.05) is 0 Å². The lowest BCUT2D eigenvalue weighted by molar-refractivity contribution is -0.142. The highest BCUT2D eigenvalue weighted by Gasteiger charge is 2.40. The molecule has 11 heteroatoms. The van der Waals surface area contributed by atoms with Gasteiger partial charge >= 0.3 is 12.4 Å². The van der Waals surface area contributed by atoms with Crippen LogP contribution in [0.4, 0.5) is 32.0 Å². The van der Waals surface area contributed by atoms with Gasteiger partial charge in [0.1, 0.15) is 6.54 Å². The number of carbonyl (C=O) groups excluding carboxylic acids is 1. The van der Waals surface area contributed by atoms with Gasteiger partial charge in [-0.3, -0.25) is 9.48 Å². The van der Waals surface area contributed by atoms with E-state index in [4.69, 9.17) is 11.6 Å². The third-order valence-corrected chi connectivity index (χ3v) is 4.47. The number of halogens is 7. The van der Waals surface area contributed by atoms with Crippen molar-refractivity contribution in [3.63, 3.8) is 0 Å². The summed E-state index contributed by atoms with van der Waals surface area (Å²) in [5.41, 5.74) is -1.95. The summed E-state index contributed by atoms with van der Waals surface area (Å²) in [5, 5.41) is 5.55. The minimum Gasteiger partial charge on any atom is -0.323 e. The number of nitrogens with zero attached hydrogens (tertiary/aromatic N) is 2. The van der Waals surface area contributed by atoms with Gasteiger partial charge in [-0.05, 0) is 37.5 Å². The van der Waals surface area contributed by atoms with E-state index in [-0.39, 0.29) is 22.7 Å². The number of aromatic nitrogens is 2. The van der Waals surface area contributed by atoms with Gasteiger partial charge in [0, 0.05) is 11.3 Å². The van der Waals surface area contributed by atoms with Crippen molar-refractivity contribution in [3.8, 4) is 0 Å². The molecule has 3 rings (SSSR count). The summed E-state index contributed by atoms with van der Waals surface area (Å²) in [4.78, 5) is 12.2. The van der Waals surface area contributed by atoms with Gasteiger partial charge in [0.2, 0.25) is 5.91 Å². The molecule has 0 bridgehead atoms. The Morgan fingerprint density at radius 2 is 1.85 bits per heavy atom. The highest BCUT2D eigenvalue weighted by atomic mass is 35.5. The van der Waals surface area contributed by atoms with Crippen LogP contribution in [0.3, 0.4) is 0 Å². The Labute approximate surface area is 154 Å². The van der Waals surface area contributed by atoms with Crippen molar-refractivity contribution in [2.24, 2.45) is 0 Å². The van der Waals surface area contributed by atoms with Gasteiger partial charge in [0.05, 0.1) is 16.3 Å². The lowest BCUT2D eigenvalue weighted by atomic mass is 10.2. The SMILES string of the molecule is O=C(Cn1nc(C(F)(F)F)c2c1CCC2)Nc1cc(C(F)(F)F)ccc1Cl. The fraction of sp³-hybridized carbons (Fsp3) is 0.375. The molecular weight excluding hydrogens is 400 g/mol. The van der Waals surface area contributed by atoms with Crippen LogP contribution < -0.4 is 5.32 Å². The van der Waals surface area contributed by atoms with Gasteiger partial charge in [-0.25, -0.2) is 0 Å². The zero-order chi connectivity index (χ0) is 20.0. The molecule has 0 radical (unpaired) electrons. The van der Waals surface area contributed by atoms with Crippen molar-refractivity contribution in [3.05, 3.63) is 45.7 Å². The van der Waals surface area contributed by atoms with Crippen LogP contribution >= 0.6 is 11.6 Å². The zero-order valence-electron chi connectivity index (χ0n) is 13.5. The number of fused-ring (bicyclic) bond motifs is 1. The van der Waals surface area contributed by atoms with Crippen LogP contribution in [-0.2, 0) is 36.5 Å². The minimum atomic E-state index is -4.64. The first kappa shape index (κ1) is 19.5. The fourth-order valence-corrected chi connectivity index (χ4v) is 3.16. The summed E-state index contributed by atoms with van der Waals surface area (Å²) in [7, 11) is 0. The lowest BCUT2D eigenvalue weighted by Crippen LogP contribution is -2.22. The van der Waals surface area contributed by atoms with Crippen LogP contribution in [0.2, 0.25) is 5.02 Å². The third kappa shape index (κ3) is 4.05. The van der Waals surface area contributed by atoms with Crippen molar-refractivity contribution in [1.29, 1.82) is 0 Å². The molecule has 1 aromatic heterocycles. The molecule has 0 saturated carbocycles. The molecule has 27 heavy (non-hydrogen) atoms.